The van der Waals surface area contributed by atoms with Crippen molar-refractivity contribution < 1.29 is 8.42 Å². The van der Waals surface area contributed by atoms with E-state index >= 15 is 0 Å². The maximum atomic E-state index is 12.1. The van der Waals surface area contributed by atoms with Crippen molar-refractivity contribution in [3.8, 4) is 0 Å². The molecular weight excluding hydrogens is 300 g/mol. The van der Waals surface area contributed by atoms with Gasteiger partial charge in [-0.3, -0.25) is 0 Å². The molecule has 1 aromatic carbocycles. The molecule has 0 heterocycles. The van der Waals surface area contributed by atoms with Crippen molar-refractivity contribution in [2.24, 2.45) is 16.6 Å². The molecule has 0 bridgehead atoms. The van der Waals surface area contributed by atoms with Gasteiger partial charge in [0.15, 0.2) is 5.96 Å². The average molecular weight is 324 g/mol. The fraction of sp³-hybridized carbons (Fsp3) is 0.533. The van der Waals surface area contributed by atoms with Crippen LogP contribution in [0.2, 0.25) is 0 Å². The summed E-state index contributed by atoms with van der Waals surface area (Å²) in [5.74, 6) is 1.12. The van der Waals surface area contributed by atoms with E-state index in [4.69, 9.17) is 5.73 Å². The van der Waals surface area contributed by atoms with E-state index in [2.05, 4.69) is 10.3 Å². The number of hydrogen-bond acceptors (Lipinski definition) is 3. The molecule has 7 heteroatoms. The second-order valence-corrected chi connectivity index (χ2v) is 7.97. The molecule has 0 amide bonds. The SMILES string of the molecule is CN(C)S(=O)(=O)c1cccc(CN=C(N)NCC2CCC2)c1. The Morgan fingerprint density at radius 3 is 2.73 bits per heavy atom. The molecule has 3 N–H and O–H groups in total. The molecule has 0 aromatic heterocycles. The van der Waals surface area contributed by atoms with Crippen LogP contribution in [0.25, 0.3) is 0 Å². The van der Waals surface area contributed by atoms with Gasteiger partial charge < -0.3 is 11.1 Å². The van der Waals surface area contributed by atoms with Gasteiger partial charge in [0.2, 0.25) is 10.0 Å². The summed E-state index contributed by atoms with van der Waals surface area (Å²) in [6, 6.07) is 6.79. The van der Waals surface area contributed by atoms with Crippen LogP contribution in [-0.4, -0.2) is 39.3 Å². The Balaban J connectivity index is 1.97. The molecule has 0 atom stereocenters. The molecule has 22 heavy (non-hydrogen) atoms. The zero-order chi connectivity index (χ0) is 16.2. The number of nitrogens with zero attached hydrogens (tertiary/aromatic N) is 2. The summed E-state index contributed by atoms with van der Waals surface area (Å²) < 4.78 is 25.4. The Hall–Kier alpha value is -1.60. The molecule has 0 spiro atoms. The van der Waals surface area contributed by atoms with Gasteiger partial charge in [-0.05, 0) is 36.5 Å². The molecule has 1 aromatic rings. The third kappa shape index (κ3) is 4.20. The van der Waals surface area contributed by atoms with Gasteiger partial charge >= 0.3 is 0 Å². The number of rotatable bonds is 6. The number of nitrogens with two attached hydrogens (primary N) is 1. The van der Waals surface area contributed by atoms with Crippen LogP contribution in [0.4, 0.5) is 0 Å². The Labute approximate surface area is 132 Å². The minimum Gasteiger partial charge on any atom is -0.370 e. The van der Waals surface area contributed by atoms with Crippen molar-refractivity contribution in [2.75, 3.05) is 20.6 Å². The van der Waals surface area contributed by atoms with Crippen LogP contribution in [0, 0.1) is 5.92 Å². The average Bonchev–Trinajstić information content (AvgIpc) is 2.43. The van der Waals surface area contributed by atoms with Gasteiger partial charge in [0.25, 0.3) is 0 Å². The predicted molar refractivity (Wildman–Crippen MR) is 88.0 cm³/mol. The fourth-order valence-electron chi connectivity index (χ4n) is 2.19. The summed E-state index contributed by atoms with van der Waals surface area (Å²) in [4.78, 5) is 4.54. The van der Waals surface area contributed by atoms with E-state index in [1.807, 2.05) is 6.07 Å². The Bertz CT molecular complexity index is 637. The first-order valence-electron chi connectivity index (χ1n) is 7.45. The van der Waals surface area contributed by atoms with E-state index in [9.17, 15) is 8.42 Å². The summed E-state index contributed by atoms with van der Waals surface area (Å²) in [6.45, 7) is 1.23. The van der Waals surface area contributed by atoms with Crippen LogP contribution in [0.5, 0.6) is 0 Å². The molecule has 1 fully saturated rings. The fourth-order valence-corrected chi connectivity index (χ4v) is 3.17. The number of sulfonamides is 1. The largest absolute Gasteiger partial charge is 0.370 e. The highest BCUT2D eigenvalue weighted by molar-refractivity contribution is 7.89. The number of aliphatic imine (C=N–C) groups is 1. The maximum absolute atomic E-state index is 12.1. The molecule has 6 nitrogen and oxygen atoms in total. The van der Waals surface area contributed by atoms with Crippen molar-refractivity contribution in [3.05, 3.63) is 29.8 Å². The van der Waals surface area contributed by atoms with Crippen molar-refractivity contribution in [2.45, 2.75) is 30.7 Å². The third-order valence-corrected chi connectivity index (χ3v) is 5.72. The van der Waals surface area contributed by atoms with Crippen LogP contribution < -0.4 is 11.1 Å². The second-order valence-electron chi connectivity index (χ2n) is 5.81. The van der Waals surface area contributed by atoms with E-state index in [-0.39, 0.29) is 4.90 Å². The zero-order valence-electron chi connectivity index (χ0n) is 13.1. The lowest BCUT2D eigenvalue weighted by Gasteiger charge is -2.25. The van der Waals surface area contributed by atoms with Crippen molar-refractivity contribution in [1.29, 1.82) is 0 Å². The molecule has 0 aliphatic heterocycles. The van der Waals surface area contributed by atoms with E-state index in [0.717, 1.165) is 12.1 Å². The summed E-state index contributed by atoms with van der Waals surface area (Å²) in [5.41, 5.74) is 6.65. The van der Waals surface area contributed by atoms with Crippen LogP contribution in [-0.2, 0) is 16.6 Å². The van der Waals surface area contributed by atoms with Crippen LogP contribution in [0.15, 0.2) is 34.2 Å². The van der Waals surface area contributed by atoms with Gasteiger partial charge in [-0.2, -0.15) is 0 Å². The Morgan fingerprint density at radius 1 is 1.41 bits per heavy atom. The lowest BCUT2D eigenvalue weighted by Crippen LogP contribution is -2.37. The smallest absolute Gasteiger partial charge is 0.242 e. The van der Waals surface area contributed by atoms with E-state index < -0.39 is 10.0 Å². The highest BCUT2D eigenvalue weighted by Crippen LogP contribution is 2.25. The van der Waals surface area contributed by atoms with Gasteiger partial charge in [0, 0.05) is 20.6 Å². The highest BCUT2D eigenvalue weighted by atomic mass is 32.2. The quantitative estimate of drug-likeness (QED) is 0.607. The standard InChI is InChI=1S/C15H24N4O2S/c1-19(2)22(20,21)14-8-4-7-13(9-14)11-18-15(16)17-10-12-5-3-6-12/h4,7-9,12H,3,5-6,10-11H2,1-2H3,(H3,16,17,18). The van der Waals surface area contributed by atoms with Gasteiger partial charge in [-0.25, -0.2) is 17.7 Å². The highest BCUT2D eigenvalue weighted by Gasteiger charge is 2.18. The summed E-state index contributed by atoms with van der Waals surface area (Å²) in [5, 5.41) is 3.12. The normalized spacial score (nSPS) is 16.6. The summed E-state index contributed by atoms with van der Waals surface area (Å²) in [7, 11) is -0.384. The van der Waals surface area contributed by atoms with Gasteiger partial charge in [-0.15, -0.1) is 0 Å². The topological polar surface area (TPSA) is 87.8 Å². The van der Waals surface area contributed by atoms with E-state index in [1.165, 1.54) is 37.7 Å². The van der Waals surface area contributed by atoms with Crippen molar-refractivity contribution in [3.63, 3.8) is 0 Å². The monoisotopic (exact) mass is 324 g/mol. The van der Waals surface area contributed by atoms with E-state index in [0.29, 0.717) is 18.4 Å². The molecular formula is C15H24N4O2S. The van der Waals surface area contributed by atoms with Crippen LogP contribution >= 0.6 is 0 Å². The lowest BCUT2D eigenvalue weighted by molar-refractivity contribution is 0.315. The number of nitrogens with one attached hydrogen (secondary N) is 1. The van der Waals surface area contributed by atoms with E-state index in [1.54, 1.807) is 18.2 Å². The van der Waals surface area contributed by atoms with Gasteiger partial charge in [0.05, 0.1) is 11.4 Å². The molecule has 1 aliphatic carbocycles. The predicted octanol–water partition coefficient (Wildman–Crippen LogP) is 1.14. The number of hydrogen-bond donors (Lipinski definition) is 2. The minimum absolute atomic E-state index is 0.270. The Kier molecular flexibility index (Phi) is 5.42. The Morgan fingerprint density at radius 2 is 2.14 bits per heavy atom. The number of benzene rings is 1. The molecule has 0 unspecified atom stereocenters. The van der Waals surface area contributed by atoms with Gasteiger partial charge in [0.1, 0.15) is 0 Å². The second kappa shape index (κ2) is 7.11. The molecule has 1 saturated carbocycles. The van der Waals surface area contributed by atoms with Crippen molar-refractivity contribution >= 4 is 16.0 Å². The third-order valence-electron chi connectivity index (χ3n) is 3.91. The first-order valence-corrected chi connectivity index (χ1v) is 8.89. The molecule has 0 radical (unpaired) electrons. The maximum Gasteiger partial charge on any atom is 0.242 e. The number of guanidine groups is 1. The van der Waals surface area contributed by atoms with Crippen LogP contribution in [0.3, 0.4) is 0 Å². The molecule has 2 rings (SSSR count). The first-order chi connectivity index (χ1) is 10.4. The van der Waals surface area contributed by atoms with Crippen LogP contribution in [0.1, 0.15) is 24.8 Å². The molecule has 0 saturated heterocycles. The summed E-state index contributed by atoms with van der Waals surface area (Å²) >= 11 is 0. The minimum atomic E-state index is -3.42. The lowest BCUT2D eigenvalue weighted by atomic mass is 9.85. The van der Waals surface area contributed by atoms with Gasteiger partial charge in [-0.1, -0.05) is 18.6 Å². The summed E-state index contributed by atoms with van der Waals surface area (Å²) in [6.07, 6.45) is 3.81. The van der Waals surface area contributed by atoms with Crippen molar-refractivity contribution in [1.82, 2.24) is 9.62 Å². The first kappa shape index (κ1) is 16.8. The molecule has 122 valence electrons. The zero-order valence-corrected chi connectivity index (χ0v) is 13.9. The molecule has 1 aliphatic rings.